The summed E-state index contributed by atoms with van der Waals surface area (Å²) in [5.74, 6) is 0. The lowest BCUT2D eigenvalue weighted by Gasteiger charge is -2.55. The van der Waals surface area contributed by atoms with Crippen LogP contribution in [0.3, 0.4) is 0 Å². The zero-order valence-corrected chi connectivity index (χ0v) is 16.2. The van der Waals surface area contributed by atoms with Gasteiger partial charge in [-0.25, -0.2) is 4.89 Å². The molecule has 0 fully saturated rings. The Kier molecular flexibility index (Phi) is 6.09. The summed E-state index contributed by atoms with van der Waals surface area (Å²) >= 11 is 0. The van der Waals surface area contributed by atoms with Crippen LogP contribution in [0.25, 0.3) is 0 Å². The third kappa shape index (κ3) is 3.97. The van der Waals surface area contributed by atoms with E-state index in [4.69, 9.17) is 0 Å². The maximum absolute atomic E-state index is 12.2. The molecule has 0 amide bonds. The number of nitrogens with zero attached hydrogens (tertiary/aromatic N) is 1. The van der Waals surface area contributed by atoms with E-state index in [1.807, 2.05) is 0 Å². The van der Waals surface area contributed by atoms with Gasteiger partial charge >= 0.3 is 0 Å². The molecule has 0 aromatic heterocycles. The smallest absolute Gasteiger partial charge is 0.299 e. The van der Waals surface area contributed by atoms with Crippen LogP contribution in [0.15, 0.2) is 0 Å². The Morgan fingerprint density at radius 2 is 1.38 bits per heavy atom. The van der Waals surface area contributed by atoms with Crippen LogP contribution in [-0.2, 0) is 19.3 Å². The molecule has 0 rings (SSSR count). The van der Waals surface area contributed by atoms with E-state index in [-0.39, 0.29) is 11.1 Å². The van der Waals surface area contributed by atoms with Crippen molar-refractivity contribution in [2.24, 2.45) is 0 Å². The van der Waals surface area contributed by atoms with Gasteiger partial charge in [0.05, 0.1) is 32.3 Å². The molecule has 0 N–H and O–H groups in total. The monoisotopic (exact) mass is 324 g/mol. The molecular formula is C15H34NO4S+. The van der Waals surface area contributed by atoms with Gasteiger partial charge in [0.25, 0.3) is 10.1 Å². The zero-order valence-electron chi connectivity index (χ0n) is 15.4. The van der Waals surface area contributed by atoms with Gasteiger partial charge in [-0.3, -0.25) is 0 Å². The first-order valence-electron chi connectivity index (χ1n) is 7.39. The van der Waals surface area contributed by atoms with Crippen LogP contribution in [0.4, 0.5) is 0 Å². The number of hydrogen-bond acceptors (Lipinski definition) is 4. The fourth-order valence-electron chi connectivity index (χ4n) is 2.72. The van der Waals surface area contributed by atoms with Gasteiger partial charge in [-0.2, -0.15) is 8.42 Å². The molecule has 5 nitrogen and oxygen atoms in total. The second kappa shape index (κ2) is 6.14. The standard InChI is InChI=1S/C15H34NO4S/c1-11-13(2,3)16(8,9)14(4,5)12-15(6,7)21(17,18)20-19-10/h11-12H2,1-10H3/q+1. The van der Waals surface area contributed by atoms with E-state index in [9.17, 15) is 8.42 Å². The third-order valence-electron chi connectivity index (χ3n) is 5.58. The highest BCUT2D eigenvalue weighted by Gasteiger charge is 2.52. The Balaban J connectivity index is 5.57. The van der Waals surface area contributed by atoms with Crippen molar-refractivity contribution in [3.05, 3.63) is 0 Å². The highest BCUT2D eigenvalue weighted by molar-refractivity contribution is 7.88. The fourth-order valence-corrected chi connectivity index (χ4v) is 3.62. The molecular weight excluding hydrogens is 290 g/mol. The summed E-state index contributed by atoms with van der Waals surface area (Å²) in [4.78, 5) is 4.39. The Bertz CT molecular complexity index is 450. The predicted molar refractivity (Wildman–Crippen MR) is 86.3 cm³/mol. The van der Waals surface area contributed by atoms with Crippen LogP contribution in [0.1, 0.15) is 61.3 Å². The maximum Gasteiger partial charge on any atom is 0.299 e. The van der Waals surface area contributed by atoms with Crippen LogP contribution in [0, 0.1) is 0 Å². The lowest BCUT2D eigenvalue weighted by atomic mass is 9.82. The van der Waals surface area contributed by atoms with E-state index in [1.165, 1.54) is 7.11 Å². The second-order valence-electron chi connectivity index (χ2n) is 8.06. The molecule has 128 valence electrons. The summed E-state index contributed by atoms with van der Waals surface area (Å²) in [5, 5.41) is 0. The number of rotatable bonds is 8. The summed E-state index contributed by atoms with van der Waals surface area (Å²) in [6, 6.07) is 0. The molecule has 0 saturated carbocycles. The van der Waals surface area contributed by atoms with Gasteiger partial charge in [0.2, 0.25) is 0 Å². The maximum atomic E-state index is 12.2. The van der Waals surface area contributed by atoms with E-state index in [0.717, 1.165) is 6.42 Å². The average molecular weight is 325 g/mol. The van der Waals surface area contributed by atoms with Crippen LogP contribution >= 0.6 is 0 Å². The Morgan fingerprint density at radius 3 is 1.71 bits per heavy atom. The summed E-state index contributed by atoms with van der Waals surface area (Å²) in [6.45, 7) is 14.2. The SMILES string of the molecule is CCC(C)(C)[N+](C)(C)C(C)(C)CC(C)(C)S(=O)(=O)OOC. The minimum atomic E-state index is -3.79. The summed E-state index contributed by atoms with van der Waals surface area (Å²) in [6.07, 6.45) is 1.47. The van der Waals surface area contributed by atoms with Gasteiger partial charge in [0.15, 0.2) is 0 Å². The van der Waals surface area contributed by atoms with Crippen LogP contribution < -0.4 is 0 Å². The lowest BCUT2D eigenvalue weighted by Crippen LogP contribution is -2.68. The van der Waals surface area contributed by atoms with Crippen LogP contribution in [0.5, 0.6) is 0 Å². The molecule has 21 heavy (non-hydrogen) atoms. The second-order valence-corrected chi connectivity index (χ2v) is 10.2. The summed E-state index contributed by atoms with van der Waals surface area (Å²) in [5.41, 5.74) is -0.224. The third-order valence-corrected chi connectivity index (χ3v) is 7.40. The molecule has 0 atom stereocenters. The molecule has 0 aliphatic heterocycles. The fraction of sp³-hybridized carbons (Fsp3) is 1.00. The van der Waals surface area contributed by atoms with E-state index in [2.05, 4.69) is 57.9 Å². The molecule has 0 heterocycles. The van der Waals surface area contributed by atoms with Gasteiger partial charge in [-0.15, -0.1) is 4.33 Å². The zero-order chi connectivity index (χ0) is 17.3. The van der Waals surface area contributed by atoms with Crippen molar-refractivity contribution >= 4 is 10.1 Å². The van der Waals surface area contributed by atoms with Gasteiger partial charge in [-0.05, 0) is 48.0 Å². The number of hydrogen-bond donors (Lipinski definition) is 0. The molecule has 0 aliphatic rings. The molecule has 0 spiro atoms. The first-order chi connectivity index (χ1) is 9.08. The molecule has 0 unspecified atom stereocenters. The molecule has 0 aromatic carbocycles. The molecule has 6 heteroatoms. The van der Waals surface area contributed by atoms with E-state index < -0.39 is 14.9 Å². The Labute approximate surface area is 131 Å². The van der Waals surface area contributed by atoms with E-state index in [0.29, 0.717) is 10.9 Å². The van der Waals surface area contributed by atoms with Crippen LogP contribution in [0.2, 0.25) is 0 Å². The van der Waals surface area contributed by atoms with Gasteiger partial charge in [0.1, 0.15) is 4.75 Å². The lowest BCUT2D eigenvalue weighted by molar-refractivity contribution is -0.982. The van der Waals surface area contributed by atoms with E-state index in [1.54, 1.807) is 13.8 Å². The summed E-state index contributed by atoms with van der Waals surface area (Å²) < 4.78 is 28.6. The molecule has 0 aromatic rings. The highest BCUT2D eigenvalue weighted by Crippen LogP contribution is 2.40. The Morgan fingerprint density at radius 1 is 0.952 bits per heavy atom. The molecule has 0 radical (unpaired) electrons. The van der Waals surface area contributed by atoms with E-state index >= 15 is 0 Å². The quantitative estimate of drug-likeness (QED) is 0.391. The van der Waals surface area contributed by atoms with Gasteiger partial charge in [0, 0.05) is 6.42 Å². The van der Waals surface area contributed by atoms with Crippen LogP contribution in [-0.4, -0.2) is 49.9 Å². The van der Waals surface area contributed by atoms with Gasteiger partial charge in [-0.1, -0.05) is 6.92 Å². The van der Waals surface area contributed by atoms with Crippen molar-refractivity contribution in [1.82, 2.24) is 0 Å². The minimum absolute atomic E-state index is 0.0332. The first kappa shape index (κ1) is 20.8. The molecule has 0 aliphatic carbocycles. The Hall–Kier alpha value is -0.170. The van der Waals surface area contributed by atoms with Crippen molar-refractivity contribution in [2.45, 2.75) is 77.1 Å². The van der Waals surface area contributed by atoms with Crippen molar-refractivity contribution in [3.8, 4) is 0 Å². The first-order valence-corrected chi connectivity index (χ1v) is 8.80. The van der Waals surface area contributed by atoms with Gasteiger partial charge < -0.3 is 4.48 Å². The largest absolute Gasteiger partial charge is 0.320 e. The predicted octanol–water partition coefficient (Wildman–Crippen LogP) is 3.11. The van der Waals surface area contributed by atoms with Crippen molar-refractivity contribution in [1.29, 1.82) is 0 Å². The summed E-state index contributed by atoms with van der Waals surface area (Å²) in [7, 11) is 1.73. The van der Waals surface area contributed by atoms with Crippen molar-refractivity contribution < 1.29 is 22.1 Å². The average Bonchev–Trinajstić information content (AvgIpc) is 2.26. The molecule has 0 bridgehead atoms. The van der Waals surface area contributed by atoms with Crippen molar-refractivity contribution in [3.63, 3.8) is 0 Å². The normalized spacial score (nSPS) is 15.3. The highest BCUT2D eigenvalue weighted by atomic mass is 32.2. The van der Waals surface area contributed by atoms with Crippen molar-refractivity contribution in [2.75, 3.05) is 21.2 Å². The topological polar surface area (TPSA) is 52.6 Å². The number of quaternary nitrogens is 1. The minimum Gasteiger partial charge on any atom is -0.320 e. The molecule has 0 saturated heterocycles.